The molecule has 0 atom stereocenters. The number of nitrogens with one attached hydrogen (secondary N) is 2. The minimum atomic E-state index is -3.76. The fourth-order valence-electron chi connectivity index (χ4n) is 2.68. The van der Waals surface area contributed by atoms with E-state index in [1.54, 1.807) is 6.07 Å². The molecule has 0 aliphatic heterocycles. The minimum Gasteiger partial charge on any atom is -0.495 e. The van der Waals surface area contributed by atoms with Crippen LogP contribution in [0.1, 0.15) is 49.0 Å². The van der Waals surface area contributed by atoms with Crippen molar-refractivity contribution in [2.24, 2.45) is 0 Å². The van der Waals surface area contributed by atoms with E-state index in [1.807, 2.05) is 31.2 Å². The zero-order valence-electron chi connectivity index (χ0n) is 16.6. The number of aryl methyl sites for hydroxylation is 1. The van der Waals surface area contributed by atoms with Crippen LogP contribution in [-0.2, 0) is 16.4 Å². The molecule has 0 saturated carbocycles. The fraction of sp³-hybridized carbons (Fsp3) is 0.381. The molecule has 0 aromatic heterocycles. The van der Waals surface area contributed by atoms with Crippen LogP contribution in [0.15, 0.2) is 47.4 Å². The number of unbranched alkanes of at least 4 members (excludes halogenated alkanes) is 1. The van der Waals surface area contributed by atoms with Gasteiger partial charge in [0.05, 0.1) is 7.11 Å². The Bertz CT molecular complexity index is 893. The number of rotatable bonds is 10. The summed E-state index contributed by atoms with van der Waals surface area (Å²) in [5.74, 6) is -0.184. The number of hydrogen-bond acceptors (Lipinski definition) is 4. The molecule has 0 bridgehead atoms. The van der Waals surface area contributed by atoms with Crippen LogP contribution in [0.3, 0.4) is 0 Å². The maximum atomic E-state index is 12.6. The Hall–Kier alpha value is -2.38. The highest BCUT2D eigenvalue weighted by molar-refractivity contribution is 7.89. The van der Waals surface area contributed by atoms with E-state index >= 15 is 0 Å². The van der Waals surface area contributed by atoms with Gasteiger partial charge in [-0.15, -0.1) is 0 Å². The maximum absolute atomic E-state index is 12.6. The van der Waals surface area contributed by atoms with Crippen LogP contribution in [0.5, 0.6) is 5.75 Å². The maximum Gasteiger partial charge on any atom is 0.255 e. The third-order valence-electron chi connectivity index (χ3n) is 4.29. The first-order chi connectivity index (χ1) is 13.4. The molecule has 1 amide bonds. The molecule has 2 aromatic rings. The van der Waals surface area contributed by atoms with E-state index in [2.05, 4.69) is 17.0 Å². The van der Waals surface area contributed by atoms with Gasteiger partial charge in [0.2, 0.25) is 10.0 Å². The summed E-state index contributed by atoms with van der Waals surface area (Å²) in [6.07, 6.45) is 3.93. The summed E-state index contributed by atoms with van der Waals surface area (Å²) in [4.78, 5) is 12.5. The molecule has 0 aliphatic carbocycles. The molecule has 0 fully saturated rings. The van der Waals surface area contributed by atoms with E-state index in [-0.39, 0.29) is 22.1 Å². The third kappa shape index (κ3) is 5.81. The summed E-state index contributed by atoms with van der Waals surface area (Å²) >= 11 is 0. The predicted molar refractivity (Wildman–Crippen MR) is 111 cm³/mol. The number of carbonyl (C=O) groups excluding carboxylic acids is 1. The van der Waals surface area contributed by atoms with Gasteiger partial charge in [-0.25, -0.2) is 13.1 Å². The first-order valence-electron chi connectivity index (χ1n) is 9.49. The molecule has 2 N–H and O–H groups in total. The van der Waals surface area contributed by atoms with Crippen LogP contribution >= 0.6 is 0 Å². The SMILES string of the molecule is CCCCc1ccc(NC(=O)c2ccc(OC)c(S(=O)(=O)NCCC)c2)cc1. The van der Waals surface area contributed by atoms with Crippen LogP contribution < -0.4 is 14.8 Å². The zero-order chi connectivity index (χ0) is 20.6. The zero-order valence-corrected chi connectivity index (χ0v) is 17.4. The molecule has 0 radical (unpaired) electrons. The molecule has 2 rings (SSSR count). The van der Waals surface area contributed by atoms with Gasteiger partial charge in [0.25, 0.3) is 5.91 Å². The number of benzene rings is 2. The number of anilines is 1. The van der Waals surface area contributed by atoms with E-state index in [1.165, 1.54) is 24.8 Å². The van der Waals surface area contributed by atoms with Gasteiger partial charge in [0.15, 0.2) is 0 Å². The van der Waals surface area contributed by atoms with Gasteiger partial charge in [-0.05, 0) is 55.2 Å². The van der Waals surface area contributed by atoms with Gasteiger partial charge in [0.1, 0.15) is 10.6 Å². The van der Waals surface area contributed by atoms with Crippen molar-refractivity contribution in [2.75, 3.05) is 19.0 Å². The number of ether oxygens (including phenoxy) is 1. The number of methoxy groups -OCH3 is 1. The van der Waals surface area contributed by atoms with Crippen molar-refractivity contribution >= 4 is 21.6 Å². The predicted octanol–water partition coefficient (Wildman–Crippen LogP) is 3.98. The fourth-order valence-corrected chi connectivity index (χ4v) is 4.01. The summed E-state index contributed by atoms with van der Waals surface area (Å²) < 4.78 is 32.7. The monoisotopic (exact) mass is 404 g/mol. The van der Waals surface area contributed by atoms with Crippen molar-refractivity contribution in [3.8, 4) is 5.75 Å². The minimum absolute atomic E-state index is 0.0500. The molecule has 152 valence electrons. The molecule has 0 spiro atoms. The first-order valence-corrected chi connectivity index (χ1v) is 11.0. The summed E-state index contributed by atoms with van der Waals surface area (Å²) in [5, 5.41) is 2.81. The highest BCUT2D eigenvalue weighted by atomic mass is 32.2. The Morgan fingerprint density at radius 1 is 1.04 bits per heavy atom. The normalized spacial score (nSPS) is 11.2. The highest BCUT2D eigenvalue weighted by Gasteiger charge is 2.21. The molecule has 0 heterocycles. The van der Waals surface area contributed by atoms with E-state index in [0.717, 1.165) is 19.3 Å². The average Bonchev–Trinajstić information content (AvgIpc) is 2.71. The number of hydrogen-bond donors (Lipinski definition) is 2. The molecule has 0 aliphatic rings. The number of amides is 1. The summed E-state index contributed by atoms with van der Waals surface area (Å²) in [5.41, 5.74) is 2.13. The van der Waals surface area contributed by atoms with Crippen molar-refractivity contribution in [1.29, 1.82) is 0 Å². The van der Waals surface area contributed by atoms with Crippen LogP contribution in [0.25, 0.3) is 0 Å². The van der Waals surface area contributed by atoms with Gasteiger partial charge in [-0.1, -0.05) is 32.4 Å². The van der Waals surface area contributed by atoms with Crippen LogP contribution in [0.2, 0.25) is 0 Å². The van der Waals surface area contributed by atoms with Crippen molar-refractivity contribution in [2.45, 2.75) is 44.4 Å². The third-order valence-corrected chi connectivity index (χ3v) is 5.77. The average molecular weight is 405 g/mol. The van der Waals surface area contributed by atoms with Crippen molar-refractivity contribution in [1.82, 2.24) is 4.72 Å². The number of carbonyl (C=O) groups is 1. The summed E-state index contributed by atoms with van der Waals surface area (Å²) in [7, 11) is -2.37. The Balaban J connectivity index is 2.20. The van der Waals surface area contributed by atoms with Crippen LogP contribution in [0, 0.1) is 0 Å². The van der Waals surface area contributed by atoms with Crippen molar-refractivity contribution in [3.05, 3.63) is 53.6 Å². The molecule has 7 heteroatoms. The quantitative estimate of drug-likeness (QED) is 0.627. The standard InChI is InChI=1S/C21H28N2O4S/c1-4-6-7-16-8-11-18(12-9-16)23-21(24)17-10-13-19(27-3)20(15-17)28(25,26)22-14-5-2/h8-13,15,22H,4-7,14H2,1-3H3,(H,23,24). The summed E-state index contributed by atoms with van der Waals surface area (Å²) in [6.45, 7) is 4.33. The van der Waals surface area contributed by atoms with Gasteiger partial charge in [0, 0.05) is 17.8 Å². The lowest BCUT2D eigenvalue weighted by atomic mass is 10.1. The Labute approximate surface area is 167 Å². The molecule has 28 heavy (non-hydrogen) atoms. The smallest absolute Gasteiger partial charge is 0.255 e. The molecule has 6 nitrogen and oxygen atoms in total. The Kier molecular flexibility index (Phi) is 8.02. The molecule has 0 saturated heterocycles. The van der Waals surface area contributed by atoms with Gasteiger partial charge < -0.3 is 10.1 Å². The van der Waals surface area contributed by atoms with E-state index in [0.29, 0.717) is 18.7 Å². The van der Waals surface area contributed by atoms with Crippen LogP contribution in [-0.4, -0.2) is 28.0 Å². The highest BCUT2D eigenvalue weighted by Crippen LogP contribution is 2.25. The lowest BCUT2D eigenvalue weighted by Crippen LogP contribution is -2.25. The second-order valence-electron chi connectivity index (χ2n) is 6.52. The molecule has 2 aromatic carbocycles. The molecule has 0 unspecified atom stereocenters. The Morgan fingerprint density at radius 3 is 2.36 bits per heavy atom. The number of sulfonamides is 1. The van der Waals surface area contributed by atoms with Gasteiger partial charge in [-0.2, -0.15) is 0 Å². The topological polar surface area (TPSA) is 84.5 Å². The largest absolute Gasteiger partial charge is 0.495 e. The lowest BCUT2D eigenvalue weighted by molar-refractivity contribution is 0.102. The van der Waals surface area contributed by atoms with Crippen molar-refractivity contribution in [3.63, 3.8) is 0 Å². The van der Waals surface area contributed by atoms with E-state index in [4.69, 9.17) is 4.74 Å². The van der Waals surface area contributed by atoms with Crippen molar-refractivity contribution < 1.29 is 17.9 Å². The van der Waals surface area contributed by atoms with Gasteiger partial charge in [-0.3, -0.25) is 4.79 Å². The molecular weight excluding hydrogens is 376 g/mol. The van der Waals surface area contributed by atoms with E-state index in [9.17, 15) is 13.2 Å². The summed E-state index contributed by atoms with van der Waals surface area (Å²) in [6, 6.07) is 12.1. The second kappa shape index (κ2) is 10.2. The Morgan fingerprint density at radius 2 is 1.75 bits per heavy atom. The van der Waals surface area contributed by atoms with E-state index < -0.39 is 10.0 Å². The lowest BCUT2D eigenvalue weighted by Gasteiger charge is -2.12. The first kappa shape index (κ1) is 21.9. The molecular formula is C21H28N2O4S. The second-order valence-corrected chi connectivity index (χ2v) is 8.25. The van der Waals surface area contributed by atoms with Crippen LogP contribution in [0.4, 0.5) is 5.69 Å². The van der Waals surface area contributed by atoms with Gasteiger partial charge >= 0.3 is 0 Å².